The minimum absolute atomic E-state index is 0.280. The lowest BCUT2D eigenvalue weighted by Crippen LogP contribution is -2.40. The van der Waals surface area contributed by atoms with Gasteiger partial charge in [0.15, 0.2) is 17.4 Å². The minimum atomic E-state index is -0.391. The van der Waals surface area contributed by atoms with Gasteiger partial charge in [0.2, 0.25) is 5.70 Å². The zero-order chi connectivity index (χ0) is 20.3. The largest absolute Gasteiger partial charge is 0.867 e. The van der Waals surface area contributed by atoms with Gasteiger partial charge in [0, 0.05) is 17.3 Å². The first-order valence-corrected chi connectivity index (χ1v) is 9.29. The number of aromatic nitrogens is 1. The summed E-state index contributed by atoms with van der Waals surface area (Å²) in [4.78, 5) is 0.301. The smallest absolute Gasteiger partial charge is 0.238 e. The van der Waals surface area contributed by atoms with E-state index in [1.54, 1.807) is 10.8 Å². The van der Waals surface area contributed by atoms with Crippen LogP contribution in [-0.4, -0.2) is 4.99 Å². The molecule has 3 nitrogen and oxygen atoms in total. The van der Waals surface area contributed by atoms with Crippen LogP contribution in [0.15, 0.2) is 67.0 Å². The van der Waals surface area contributed by atoms with Crippen LogP contribution in [0, 0.1) is 26.6 Å². The molecule has 2 aromatic carbocycles. The first-order valence-electron chi connectivity index (χ1n) is 8.88. The SMILES string of the molecule is Cc1cc(C)cc(NC(=S)/C(=C(\[O-])c2ccc(F)cc2)[n+]2cccc(C)c2)c1. The molecule has 5 heteroatoms. The van der Waals surface area contributed by atoms with Crippen LogP contribution < -0.4 is 15.0 Å². The summed E-state index contributed by atoms with van der Waals surface area (Å²) in [5, 5.41) is 16.4. The molecule has 0 aliphatic carbocycles. The van der Waals surface area contributed by atoms with Crippen LogP contribution in [0.3, 0.4) is 0 Å². The normalized spacial score (nSPS) is 11.7. The zero-order valence-electron chi connectivity index (χ0n) is 16.0. The lowest BCUT2D eigenvalue weighted by atomic mass is 10.1. The number of anilines is 1. The van der Waals surface area contributed by atoms with Gasteiger partial charge in [-0.25, -0.2) is 4.39 Å². The average molecular weight is 392 g/mol. The molecule has 28 heavy (non-hydrogen) atoms. The Hall–Kier alpha value is -3.05. The van der Waals surface area contributed by atoms with Crippen molar-refractivity contribution in [1.29, 1.82) is 0 Å². The number of pyridine rings is 1. The minimum Gasteiger partial charge on any atom is -0.867 e. The number of hydrogen-bond donors (Lipinski definition) is 1. The van der Waals surface area contributed by atoms with Crippen LogP contribution in [0.2, 0.25) is 0 Å². The fraction of sp³-hybridized carbons (Fsp3) is 0.130. The lowest BCUT2D eigenvalue weighted by Gasteiger charge is -2.17. The molecule has 0 amide bonds. The van der Waals surface area contributed by atoms with Crippen LogP contribution >= 0.6 is 12.2 Å². The zero-order valence-corrected chi connectivity index (χ0v) is 16.8. The summed E-state index contributed by atoms with van der Waals surface area (Å²) in [5.41, 5.74) is 4.68. The number of thiocarbonyl (C=S) groups is 1. The molecule has 0 fully saturated rings. The van der Waals surface area contributed by atoms with Crippen molar-refractivity contribution in [2.45, 2.75) is 20.8 Å². The Balaban J connectivity index is 2.09. The van der Waals surface area contributed by atoms with Crippen LogP contribution in [0.25, 0.3) is 11.5 Å². The predicted molar refractivity (Wildman–Crippen MR) is 113 cm³/mol. The highest BCUT2D eigenvalue weighted by atomic mass is 32.1. The van der Waals surface area contributed by atoms with E-state index in [0.29, 0.717) is 16.2 Å². The van der Waals surface area contributed by atoms with E-state index in [0.717, 1.165) is 22.4 Å². The van der Waals surface area contributed by atoms with Crippen LogP contribution in [0.1, 0.15) is 22.3 Å². The van der Waals surface area contributed by atoms with E-state index in [4.69, 9.17) is 12.2 Å². The van der Waals surface area contributed by atoms with Crippen LogP contribution in [-0.2, 0) is 0 Å². The van der Waals surface area contributed by atoms with Crippen LogP contribution in [0.4, 0.5) is 10.1 Å². The van der Waals surface area contributed by atoms with Crippen molar-refractivity contribution in [2.24, 2.45) is 0 Å². The molecule has 0 saturated heterocycles. The first kappa shape index (κ1) is 19.7. The molecule has 3 rings (SSSR count). The van der Waals surface area contributed by atoms with Gasteiger partial charge in [-0.3, -0.25) is 0 Å². The molecule has 0 aliphatic heterocycles. The quantitative estimate of drug-likeness (QED) is 0.314. The molecule has 0 atom stereocenters. The topological polar surface area (TPSA) is 39.0 Å². The molecule has 142 valence electrons. The van der Waals surface area contributed by atoms with Crippen molar-refractivity contribution >= 4 is 34.3 Å². The maximum atomic E-state index is 13.3. The Kier molecular flexibility index (Phi) is 5.85. The molecule has 3 aromatic rings. The number of rotatable bonds is 4. The summed E-state index contributed by atoms with van der Waals surface area (Å²) in [6.07, 6.45) is 3.62. The number of hydrogen-bond acceptors (Lipinski definition) is 2. The number of aryl methyl sites for hydroxylation is 3. The molecular formula is C23H21FN2OS. The maximum absolute atomic E-state index is 13.3. The van der Waals surface area contributed by atoms with Gasteiger partial charge in [-0.1, -0.05) is 30.4 Å². The molecule has 0 bridgehead atoms. The third-order valence-electron chi connectivity index (χ3n) is 4.22. The molecule has 0 radical (unpaired) electrons. The van der Waals surface area contributed by atoms with Gasteiger partial charge in [0.05, 0.1) is 0 Å². The van der Waals surface area contributed by atoms with E-state index < -0.39 is 5.82 Å². The van der Waals surface area contributed by atoms with E-state index in [1.165, 1.54) is 24.3 Å². The van der Waals surface area contributed by atoms with Gasteiger partial charge in [-0.2, -0.15) is 4.57 Å². The summed E-state index contributed by atoms with van der Waals surface area (Å²) in [6.45, 7) is 5.95. The van der Waals surface area contributed by atoms with Crippen molar-refractivity contribution in [3.05, 3.63) is 95.1 Å². The van der Waals surface area contributed by atoms with Gasteiger partial charge in [-0.15, -0.1) is 0 Å². The molecule has 0 saturated carbocycles. The van der Waals surface area contributed by atoms with Crippen molar-refractivity contribution in [3.63, 3.8) is 0 Å². The second kappa shape index (κ2) is 8.31. The van der Waals surface area contributed by atoms with E-state index >= 15 is 0 Å². The summed E-state index contributed by atoms with van der Waals surface area (Å²) in [6, 6.07) is 15.3. The highest BCUT2D eigenvalue weighted by Crippen LogP contribution is 2.19. The molecule has 1 N–H and O–H groups in total. The van der Waals surface area contributed by atoms with Gasteiger partial charge < -0.3 is 10.4 Å². The van der Waals surface area contributed by atoms with Crippen molar-refractivity contribution < 1.29 is 14.1 Å². The molecule has 0 unspecified atom stereocenters. The van der Waals surface area contributed by atoms with Crippen molar-refractivity contribution in [2.75, 3.05) is 5.32 Å². The standard InChI is InChI=1S/C23H21FN2OS/c1-15-5-4-10-26(14-15)21(22(27)18-6-8-19(24)9-7-18)23(28)25-20-12-16(2)11-17(3)13-20/h4-14H,1-3H3,(H-,25,27,28). The number of nitrogens with one attached hydrogen (secondary N) is 1. The van der Waals surface area contributed by atoms with Crippen molar-refractivity contribution in [1.82, 2.24) is 0 Å². The fourth-order valence-corrected chi connectivity index (χ4v) is 3.36. The Bertz CT molecular complexity index is 1040. The highest BCUT2D eigenvalue weighted by Gasteiger charge is 2.19. The summed E-state index contributed by atoms with van der Waals surface area (Å²) in [7, 11) is 0. The number of nitrogens with zero attached hydrogens (tertiary/aromatic N) is 1. The Morgan fingerprint density at radius 1 is 0.964 bits per heavy atom. The third kappa shape index (κ3) is 4.61. The average Bonchev–Trinajstić information content (AvgIpc) is 2.61. The van der Waals surface area contributed by atoms with Crippen LogP contribution in [0.5, 0.6) is 0 Å². The van der Waals surface area contributed by atoms with Gasteiger partial charge in [-0.05, 0) is 73.6 Å². The first-order chi connectivity index (χ1) is 13.3. The molecule has 1 heterocycles. The monoisotopic (exact) mass is 392 g/mol. The summed E-state index contributed by atoms with van der Waals surface area (Å²) < 4.78 is 15.0. The van der Waals surface area contributed by atoms with Gasteiger partial charge >= 0.3 is 0 Å². The summed E-state index contributed by atoms with van der Waals surface area (Å²) >= 11 is 5.61. The Labute approximate surface area is 169 Å². The fourth-order valence-electron chi connectivity index (χ4n) is 3.04. The molecule has 0 spiro atoms. The number of halogens is 1. The van der Waals surface area contributed by atoms with Gasteiger partial charge in [0.1, 0.15) is 5.82 Å². The highest BCUT2D eigenvalue weighted by molar-refractivity contribution is 7.81. The Morgan fingerprint density at radius 3 is 2.21 bits per heavy atom. The van der Waals surface area contributed by atoms with E-state index in [1.807, 2.05) is 51.2 Å². The lowest BCUT2D eigenvalue weighted by molar-refractivity contribution is -0.578. The third-order valence-corrected chi connectivity index (χ3v) is 4.52. The second-order valence-corrected chi connectivity index (χ2v) is 7.21. The van der Waals surface area contributed by atoms with E-state index in [2.05, 4.69) is 11.4 Å². The van der Waals surface area contributed by atoms with E-state index in [-0.39, 0.29) is 5.76 Å². The van der Waals surface area contributed by atoms with Gasteiger partial charge in [0.25, 0.3) is 0 Å². The molecule has 0 aliphatic rings. The summed E-state index contributed by atoms with van der Waals surface area (Å²) in [5.74, 6) is -0.672. The Morgan fingerprint density at radius 2 is 1.61 bits per heavy atom. The van der Waals surface area contributed by atoms with E-state index in [9.17, 15) is 9.50 Å². The second-order valence-electron chi connectivity index (χ2n) is 6.80. The predicted octanol–water partition coefficient (Wildman–Crippen LogP) is 4.16. The number of benzene rings is 2. The maximum Gasteiger partial charge on any atom is 0.238 e. The van der Waals surface area contributed by atoms with Crippen molar-refractivity contribution in [3.8, 4) is 0 Å². The molecular weight excluding hydrogens is 371 g/mol. The molecule has 1 aromatic heterocycles.